The standard InChI is InChI=1S/C26H23NO4/c1-29-19-14-13-18(25(16-19)30-2)8-7-15-27-26(28)31-17-24-22-11-5-3-9-20(22)21-10-4-6-12-23(21)24/h3-6,9-14,16,24H,15,17H2,1-2H3,(H,27,28). The zero-order chi connectivity index (χ0) is 21.6. The van der Waals surface area contributed by atoms with Crippen LogP contribution in [-0.2, 0) is 4.74 Å². The fraction of sp³-hybridized carbons (Fsp3) is 0.192. The fourth-order valence-corrected chi connectivity index (χ4v) is 3.81. The topological polar surface area (TPSA) is 56.8 Å². The third-order valence-electron chi connectivity index (χ3n) is 5.30. The molecule has 3 aromatic rings. The maximum Gasteiger partial charge on any atom is 0.407 e. The highest BCUT2D eigenvalue weighted by Gasteiger charge is 2.28. The van der Waals surface area contributed by atoms with Crippen LogP contribution in [0, 0.1) is 11.8 Å². The van der Waals surface area contributed by atoms with E-state index < -0.39 is 6.09 Å². The van der Waals surface area contributed by atoms with Crippen molar-refractivity contribution in [1.29, 1.82) is 0 Å². The Balaban J connectivity index is 1.35. The molecule has 1 aliphatic carbocycles. The van der Waals surface area contributed by atoms with E-state index in [1.165, 1.54) is 22.3 Å². The lowest BCUT2D eigenvalue weighted by atomic mass is 9.98. The molecule has 0 saturated heterocycles. The molecule has 0 unspecified atom stereocenters. The summed E-state index contributed by atoms with van der Waals surface area (Å²) in [6.07, 6.45) is -0.488. The summed E-state index contributed by atoms with van der Waals surface area (Å²) in [5.74, 6) is 7.26. The van der Waals surface area contributed by atoms with Crippen molar-refractivity contribution in [3.63, 3.8) is 0 Å². The number of methoxy groups -OCH3 is 2. The summed E-state index contributed by atoms with van der Waals surface area (Å²) in [4.78, 5) is 12.2. The second-order valence-electron chi connectivity index (χ2n) is 7.05. The molecule has 3 aromatic carbocycles. The first-order valence-electron chi connectivity index (χ1n) is 10.0. The first-order chi connectivity index (χ1) is 15.2. The Morgan fingerprint density at radius 1 is 0.935 bits per heavy atom. The van der Waals surface area contributed by atoms with Gasteiger partial charge in [-0.1, -0.05) is 60.4 Å². The summed E-state index contributed by atoms with van der Waals surface area (Å²) in [5.41, 5.74) is 5.49. The van der Waals surface area contributed by atoms with Gasteiger partial charge in [0.1, 0.15) is 18.1 Å². The van der Waals surface area contributed by atoms with E-state index in [2.05, 4.69) is 41.4 Å². The molecule has 1 N–H and O–H groups in total. The highest BCUT2D eigenvalue weighted by atomic mass is 16.5. The number of carbonyl (C=O) groups is 1. The zero-order valence-corrected chi connectivity index (χ0v) is 17.5. The third-order valence-corrected chi connectivity index (χ3v) is 5.30. The van der Waals surface area contributed by atoms with Crippen molar-refractivity contribution in [2.75, 3.05) is 27.4 Å². The lowest BCUT2D eigenvalue weighted by Gasteiger charge is -2.14. The Bertz CT molecular complexity index is 1110. The fourth-order valence-electron chi connectivity index (χ4n) is 3.81. The summed E-state index contributed by atoms with van der Waals surface area (Å²) in [7, 11) is 3.17. The van der Waals surface area contributed by atoms with Crippen molar-refractivity contribution in [1.82, 2.24) is 5.32 Å². The predicted octanol–water partition coefficient (Wildman–Crippen LogP) is 4.59. The van der Waals surface area contributed by atoms with Crippen LogP contribution in [0.5, 0.6) is 11.5 Å². The van der Waals surface area contributed by atoms with E-state index in [9.17, 15) is 4.79 Å². The number of fused-ring (bicyclic) bond motifs is 3. The van der Waals surface area contributed by atoms with E-state index in [1.807, 2.05) is 36.4 Å². The average Bonchev–Trinajstić information content (AvgIpc) is 3.14. The van der Waals surface area contributed by atoms with Gasteiger partial charge in [0.25, 0.3) is 0 Å². The largest absolute Gasteiger partial charge is 0.497 e. The monoisotopic (exact) mass is 413 g/mol. The van der Waals surface area contributed by atoms with Gasteiger partial charge in [0.05, 0.1) is 26.3 Å². The van der Waals surface area contributed by atoms with Crippen LogP contribution >= 0.6 is 0 Å². The van der Waals surface area contributed by atoms with Crippen molar-refractivity contribution in [3.05, 3.63) is 83.4 Å². The highest BCUT2D eigenvalue weighted by Crippen LogP contribution is 2.44. The summed E-state index contributed by atoms with van der Waals surface area (Å²) in [6.45, 7) is 0.450. The van der Waals surface area contributed by atoms with Gasteiger partial charge in [-0.25, -0.2) is 4.79 Å². The molecule has 0 fully saturated rings. The number of hydrogen-bond acceptors (Lipinski definition) is 4. The Kier molecular flexibility index (Phi) is 6.09. The number of hydrogen-bond donors (Lipinski definition) is 1. The SMILES string of the molecule is COc1ccc(C#CCNC(=O)OCC2c3ccccc3-c3ccccc32)c(OC)c1. The van der Waals surface area contributed by atoms with E-state index in [-0.39, 0.29) is 19.1 Å². The maximum atomic E-state index is 12.2. The van der Waals surface area contributed by atoms with E-state index >= 15 is 0 Å². The Labute approximate surface area is 182 Å². The molecule has 5 heteroatoms. The summed E-state index contributed by atoms with van der Waals surface area (Å²) < 4.78 is 16.0. The quantitative estimate of drug-likeness (QED) is 0.622. The van der Waals surface area contributed by atoms with Crippen molar-refractivity contribution >= 4 is 6.09 Å². The van der Waals surface area contributed by atoms with E-state index in [0.29, 0.717) is 11.5 Å². The molecule has 31 heavy (non-hydrogen) atoms. The molecular weight excluding hydrogens is 390 g/mol. The van der Waals surface area contributed by atoms with Gasteiger partial charge in [0.15, 0.2) is 0 Å². The minimum atomic E-state index is -0.488. The first-order valence-corrected chi connectivity index (χ1v) is 10.0. The van der Waals surface area contributed by atoms with Gasteiger partial charge in [-0.05, 0) is 34.4 Å². The van der Waals surface area contributed by atoms with Crippen molar-refractivity contribution in [2.24, 2.45) is 0 Å². The van der Waals surface area contributed by atoms with Gasteiger partial charge in [-0.15, -0.1) is 0 Å². The molecular formula is C26H23NO4. The first kappa shape index (κ1) is 20.4. The molecule has 0 aliphatic heterocycles. The number of ether oxygens (including phenoxy) is 3. The number of alkyl carbamates (subject to hydrolysis) is 1. The second kappa shape index (κ2) is 9.27. The van der Waals surface area contributed by atoms with E-state index in [1.54, 1.807) is 20.3 Å². The normalized spacial score (nSPS) is 11.5. The number of carbonyl (C=O) groups excluding carboxylic acids is 1. The summed E-state index contributed by atoms with van der Waals surface area (Å²) in [5, 5.41) is 2.68. The van der Waals surface area contributed by atoms with Crippen LogP contribution in [0.1, 0.15) is 22.6 Å². The molecule has 1 aliphatic rings. The minimum absolute atomic E-state index is 0.0350. The molecule has 5 nitrogen and oxygen atoms in total. The average molecular weight is 413 g/mol. The van der Waals surface area contributed by atoms with Crippen molar-refractivity contribution in [3.8, 4) is 34.5 Å². The van der Waals surface area contributed by atoms with Crippen LogP contribution in [0.15, 0.2) is 66.7 Å². The number of rotatable bonds is 5. The van der Waals surface area contributed by atoms with E-state index in [0.717, 1.165) is 5.56 Å². The molecule has 0 saturated carbocycles. The van der Waals surface area contributed by atoms with Gasteiger partial charge >= 0.3 is 6.09 Å². The second-order valence-corrected chi connectivity index (χ2v) is 7.05. The Hall–Kier alpha value is -3.91. The molecule has 0 aromatic heterocycles. The van der Waals surface area contributed by atoms with Crippen LogP contribution in [0.3, 0.4) is 0 Å². The van der Waals surface area contributed by atoms with Crippen molar-refractivity contribution in [2.45, 2.75) is 5.92 Å². The summed E-state index contributed by atoms with van der Waals surface area (Å²) in [6, 6.07) is 21.9. The van der Waals surface area contributed by atoms with Gasteiger partial charge in [0, 0.05) is 12.0 Å². The zero-order valence-electron chi connectivity index (χ0n) is 17.5. The highest BCUT2D eigenvalue weighted by molar-refractivity contribution is 5.79. The molecule has 0 heterocycles. The maximum absolute atomic E-state index is 12.2. The molecule has 1 amide bonds. The molecule has 0 bridgehead atoms. The Morgan fingerprint density at radius 3 is 2.26 bits per heavy atom. The lowest BCUT2D eigenvalue weighted by Crippen LogP contribution is -2.26. The van der Waals surface area contributed by atoms with E-state index in [4.69, 9.17) is 14.2 Å². The Morgan fingerprint density at radius 2 is 1.61 bits per heavy atom. The van der Waals surface area contributed by atoms with Crippen LogP contribution in [0.4, 0.5) is 4.79 Å². The third kappa shape index (κ3) is 4.34. The van der Waals surface area contributed by atoms with Gasteiger partial charge in [0.2, 0.25) is 0 Å². The molecule has 0 radical (unpaired) electrons. The van der Waals surface area contributed by atoms with Gasteiger partial charge in [-0.2, -0.15) is 0 Å². The van der Waals surface area contributed by atoms with Crippen molar-refractivity contribution < 1.29 is 19.0 Å². The summed E-state index contributed by atoms with van der Waals surface area (Å²) >= 11 is 0. The predicted molar refractivity (Wildman–Crippen MR) is 119 cm³/mol. The molecule has 0 spiro atoms. The van der Waals surface area contributed by atoms with Gasteiger partial charge < -0.3 is 19.5 Å². The number of benzene rings is 3. The molecule has 0 atom stereocenters. The molecule has 4 rings (SSSR count). The molecule has 156 valence electrons. The lowest BCUT2D eigenvalue weighted by molar-refractivity contribution is 0.144. The van der Waals surface area contributed by atoms with Crippen LogP contribution < -0.4 is 14.8 Å². The number of amides is 1. The minimum Gasteiger partial charge on any atom is -0.497 e. The number of nitrogens with one attached hydrogen (secondary N) is 1. The van der Waals surface area contributed by atoms with Crippen LogP contribution in [0.25, 0.3) is 11.1 Å². The smallest absolute Gasteiger partial charge is 0.407 e. The van der Waals surface area contributed by atoms with Crippen LogP contribution in [0.2, 0.25) is 0 Å². The van der Waals surface area contributed by atoms with Gasteiger partial charge in [-0.3, -0.25) is 0 Å². The van der Waals surface area contributed by atoms with Crippen LogP contribution in [-0.4, -0.2) is 33.5 Å².